The topological polar surface area (TPSA) is 140 Å². The number of nitrogens with one attached hydrogen (secondary N) is 1. The summed E-state index contributed by atoms with van der Waals surface area (Å²) in [6.45, 7) is 12.1. The molecule has 0 bridgehead atoms. The van der Waals surface area contributed by atoms with Gasteiger partial charge in [0.15, 0.2) is 11.5 Å². The van der Waals surface area contributed by atoms with Gasteiger partial charge in [-0.3, -0.25) is 4.79 Å². The van der Waals surface area contributed by atoms with Crippen LogP contribution in [0.3, 0.4) is 0 Å². The van der Waals surface area contributed by atoms with Crippen LogP contribution in [0.1, 0.15) is 69.8 Å². The molecule has 4 aliphatic rings. The van der Waals surface area contributed by atoms with Crippen LogP contribution < -0.4 is 20.9 Å². The number of urea groups is 1. The largest absolute Gasteiger partial charge is 0.444 e. The van der Waals surface area contributed by atoms with E-state index in [0.717, 1.165) is 95.7 Å². The third kappa shape index (κ3) is 7.33. The molecule has 1 spiro atoms. The van der Waals surface area contributed by atoms with Gasteiger partial charge < -0.3 is 40.3 Å². The predicted molar refractivity (Wildman–Crippen MR) is 181 cm³/mol. The highest BCUT2D eigenvalue weighted by atomic mass is 16.6. The van der Waals surface area contributed by atoms with Gasteiger partial charge in [0.25, 0.3) is 5.91 Å². The number of hydrogen-bond acceptors (Lipinski definition) is 9. The van der Waals surface area contributed by atoms with Gasteiger partial charge in [0.05, 0.1) is 12.2 Å². The Morgan fingerprint density at radius 3 is 2.26 bits per heavy atom. The van der Waals surface area contributed by atoms with Gasteiger partial charge in [-0.15, -0.1) is 0 Å². The van der Waals surface area contributed by atoms with Gasteiger partial charge in [-0.2, -0.15) is 0 Å². The molecule has 4 saturated heterocycles. The Balaban J connectivity index is 1.06. The van der Waals surface area contributed by atoms with Crippen molar-refractivity contribution < 1.29 is 19.1 Å². The van der Waals surface area contributed by atoms with Gasteiger partial charge in [0.1, 0.15) is 11.4 Å². The van der Waals surface area contributed by atoms with E-state index in [9.17, 15) is 14.4 Å². The highest BCUT2D eigenvalue weighted by Gasteiger charge is 2.39. The van der Waals surface area contributed by atoms with E-state index in [1.54, 1.807) is 11.1 Å². The summed E-state index contributed by atoms with van der Waals surface area (Å²) < 4.78 is 5.58. The number of piperidine rings is 3. The molecule has 3 N–H and O–H groups in total. The molecule has 4 aliphatic heterocycles. The molecule has 1 aromatic heterocycles. The maximum Gasteiger partial charge on any atom is 0.410 e. The predicted octanol–water partition coefficient (Wildman–Crippen LogP) is 4.27. The molecule has 254 valence electrons. The number of amides is 4. The number of benzene rings is 1. The van der Waals surface area contributed by atoms with Gasteiger partial charge in [-0.1, -0.05) is 0 Å². The van der Waals surface area contributed by atoms with Crippen molar-refractivity contribution in [1.29, 1.82) is 0 Å². The molecule has 1 atom stereocenters. The molecule has 6 rings (SSSR count). The van der Waals surface area contributed by atoms with E-state index < -0.39 is 11.5 Å². The Morgan fingerprint density at radius 2 is 1.64 bits per heavy atom. The lowest BCUT2D eigenvalue weighted by Crippen LogP contribution is -2.49. The molecule has 0 saturated carbocycles. The summed E-state index contributed by atoms with van der Waals surface area (Å²) in [7, 11) is 1.84. The van der Waals surface area contributed by atoms with Crippen LogP contribution in [0.25, 0.3) is 0 Å². The molecule has 5 heterocycles. The molecular weight excluding hydrogens is 598 g/mol. The first kappa shape index (κ1) is 32.6. The number of rotatable bonds is 6. The van der Waals surface area contributed by atoms with Crippen LogP contribution in [-0.2, 0) is 4.74 Å². The summed E-state index contributed by atoms with van der Waals surface area (Å²) in [5.41, 5.74) is 7.50. The zero-order valence-electron chi connectivity index (χ0n) is 28.2. The first-order valence-electron chi connectivity index (χ1n) is 16.9. The van der Waals surface area contributed by atoms with E-state index in [1.807, 2.05) is 49.8 Å². The number of nitrogens with zero attached hydrogens (tertiary/aromatic N) is 7. The fraction of sp³-hybridized carbons (Fsp3) is 0.618. The van der Waals surface area contributed by atoms with Crippen LogP contribution >= 0.6 is 0 Å². The van der Waals surface area contributed by atoms with E-state index in [-0.39, 0.29) is 29.3 Å². The van der Waals surface area contributed by atoms with E-state index in [2.05, 4.69) is 32.2 Å². The quantitative estimate of drug-likeness (QED) is 0.470. The lowest BCUT2D eigenvalue weighted by molar-refractivity contribution is 0.00664. The van der Waals surface area contributed by atoms with Crippen molar-refractivity contribution in [3.63, 3.8) is 0 Å². The number of nitrogens with two attached hydrogens (primary N) is 1. The number of aromatic nitrogens is 2. The van der Waals surface area contributed by atoms with E-state index in [4.69, 9.17) is 15.5 Å². The van der Waals surface area contributed by atoms with Gasteiger partial charge in [0.2, 0.25) is 0 Å². The maximum atomic E-state index is 12.6. The fourth-order valence-electron chi connectivity index (χ4n) is 7.35. The highest BCUT2D eigenvalue weighted by molar-refractivity contribution is 5.96. The maximum absolute atomic E-state index is 12.6. The summed E-state index contributed by atoms with van der Waals surface area (Å²) in [6, 6.07) is 8.34. The lowest BCUT2D eigenvalue weighted by Gasteiger charge is -2.47. The number of anilines is 4. The number of carbonyl (C=O) groups excluding carboxylic acids is 3. The van der Waals surface area contributed by atoms with Gasteiger partial charge in [0, 0.05) is 70.8 Å². The van der Waals surface area contributed by atoms with Crippen molar-refractivity contribution in [2.45, 2.75) is 70.9 Å². The van der Waals surface area contributed by atoms with Crippen molar-refractivity contribution in [3.8, 4) is 0 Å². The van der Waals surface area contributed by atoms with Gasteiger partial charge in [-0.05, 0) is 89.0 Å². The van der Waals surface area contributed by atoms with Crippen LogP contribution in [0.15, 0.2) is 30.5 Å². The smallest absolute Gasteiger partial charge is 0.410 e. The highest BCUT2D eigenvalue weighted by Crippen LogP contribution is 2.42. The number of ether oxygens (including phenoxy) is 1. The summed E-state index contributed by atoms with van der Waals surface area (Å²) >= 11 is 0. The van der Waals surface area contributed by atoms with Crippen molar-refractivity contribution >= 4 is 41.0 Å². The van der Waals surface area contributed by atoms with E-state index >= 15 is 0 Å². The standard InChI is InChI=1S/C34H49N9O4/c1-33(2,3)47-32(46)41-18-13-34(14-19-41)11-16-40(17-12-34)25-9-7-24(8-10-25)37-30-28(29(35)44)36-22-27(38-30)42-15-5-6-26(23-42)43-21-20-39(4)31(43)45/h7-10,22,26H,5-6,11-21,23H2,1-4H3,(H2,35,44)(H,37,38)/t26-/m1/s1. The molecular formula is C34H49N9O4. The third-order valence-electron chi connectivity index (χ3n) is 10.2. The molecule has 47 heavy (non-hydrogen) atoms. The molecule has 0 aliphatic carbocycles. The summed E-state index contributed by atoms with van der Waals surface area (Å²) in [6.07, 6.45) is 7.49. The normalized spacial score (nSPS) is 21.7. The molecule has 4 fully saturated rings. The zero-order valence-corrected chi connectivity index (χ0v) is 28.2. The van der Waals surface area contributed by atoms with Crippen molar-refractivity contribution in [2.75, 3.05) is 74.5 Å². The lowest BCUT2D eigenvalue weighted by atomic mass is 9.71. The number of carbonyl (C=O) groups is 3. The number of hydrogen-bond donors (Lipinski definition) is 2. The molecule has 1 aromatic carbocycles. The van der Waals surface area contributed by atoms with E-state index in [0.29, 0.717) is 18.2 Å². The van der Waals surface area contributed by atoms with Crippen molar-refractivity contribution in [2.24, 2.45) is 11.1 Å². The second-order valence-corrected chi connectivity index (χ2v) is 14.6. The SMILES string of the molecule is CN1CCN([C@@H]2CCCN(c3cnc(C(N)=O)c(Nc4ccc(N5CCC6(CCN(C(=O)OC(C)(C)C)CC6)CC5)cc4)n3)C2)C1=O. The Hall–Kier alpha value is -4.29. The first-order chi connectivity index (χ1) is 22.4. The minimum Gasteiger partial charge on any atom is -0.444 e. The van der Waals surface area contributed by atoms with E-state index in [1.165, 1.54) is 0 Å². The molecule has 0 unspecified atom stereocenters. The summed E-state index contributed by atoms with van der Waals surface area (Å²) in [5, 5.41) is 3.28. The molecule has 13 heteroatoms. The monoisotopic (exact) mass is 647 g/mol. The minimum atomic E-state index is -0.649. The fourth-order valence-corrected chi connectivity index (χ4v) is 7.35. The summed E-state index contributed by atoms with van der Waals surface area (Å²) in [5.74, 6) is 0.321. The Kier molecular flexibility index (Phi) is 9.08. The average Bonchev–Trinajstić information content (AvgIpc) is 3.38. The van der Waals surface area contributed by atoms with Crippen LogP contribution in [-0.4, -0.2) is 114 Å². The Bertz CT molecular complexity index is 1460. The molecule has 13 nitrogen and oxygen atoms in total. The minimum absolute atomic E-state index is 0.0718. The van der Waals surface area contributed by atoms with Gasteiger partial charge >= 0.3 is 12.1 Å². The van der Waals surface area contributed by atoms with Crippen LogP contribution in [0.4, 0.5) is 32.6 Å². The van der Waals surface area contributed by atoms with Crippen LogP contribution in [0.5, 0.6) is 0 Å². The molecule has 0 radical (unpaired) electrons. The second kappa shape index (κ2) is 13.1. The molecule has 2 aromatic rings. The number of likely N-dealkylation sites (tertiary alicyclic amines) is 1. The van der Waals surface area contributed by atoms with Gasteiger partial charge in [-0.25, -0.2) is 19.6 Å². The second-order valence-electron chi connectivity index (χ2n) is 14.6. The Morgan fingerprint density at radius 1 is 0.957 bits per heavy atom. The first-order valence-corrected chi connectivity index (χ1v) is 16.9. The number of primary amides is 1. The number of likely N-dealkylation sites (N-methyl/N-ethyl adjacent to an activating group) is 1. The van der Waals surface area contributed by atoms with Crippen molar-refractivity contribution in [3.05, 3.63) is 36.2 Å². The molecule has 4 amide bonds. The zero-order chi connectivity index (χ0) is 33.3. The third-order valence-corrected chi connectivity index (χ3v) is 10.2. The average molecular weight is 648 g/mol. The Labute approximate surface area is 277 Å². The summed E-state index contributed by atoms with van der Waals surface area (Å²) in [4.78, 5) is 56.7. The van der Waals surface area contributed by atoms with Crippen LogP contribution in [0, 0.1) is 5.41 Å². The van der Waals surface area contributed by atoms with Crippen LogP contribution in [0.2, 0.25) is 0 Å². The van der Waals surface area contributed by atoms with Crippen molar-refractivity contribution in [1.82, 2.24) is 24.7 Å².